The predicted molar refractivity (Wildman–Crippen MR) is 97.6 cm³/mol. The van der Waals surface area contributed by atoms with E-state index in [1.165, 1.54) is 14.2 Å². The van der Waals surface area contributed by atoms with Crippen molar-refractivity contribution >= 4 is 28.9 Å². The van der Waals surface area contributed by atoms with E-state index >= 15 is 0 Å². The molecule has 5 nitrogen and oxygen atoms in total. The first-order valence-corrected chi connectivity index (χ1v) is 7.85. The molecule has 0 heterocycles. The predicted octanol–water partition coefficient (Wildman–Crippen LogP) is 4.02. The molecule has 128 valence electrons. The molecule has 0 fully saturated rings. The Bertz CT molecular complexity index is 747. The van der Waals surface area contributed by atoms with E-state index in [4.69, 9.17) is 21.1 Å². The average molecular weight is 349 g/mol. The second-order valence-electron chi connectivity index (χ2n) is 5.41. The van der Waals surface area contributed by atoms with E-state index < -0.39 is 0 Å². The second kappa shape index (κ2) is 7.93. The van der Waals surface area contributed by atoms with Gasteiger partial charge < -0.3 is 20.1 Å². The summed E-state index contributed by atoms with van der Waals surface area (Å²) in [4.78, 5) is 12.2. The average Bonchev–Trinajstić information content (AvgIpc) is 2.56. The number of anilines is 2. The van der Waals surface area contributed by atoms with Crippen molar-refractivity contribution in [3.8, 4) is 11.5 Å². The van der Waals surface area contributed by atoms with Gasteiger partial charge in [-0.25, -0.2) is 0 Å². The number of amides is 1. The second-order valence-corrected chi connectivity index (χ2v) is 5.81. The van der Waals surface area contributed by atoms with Gasteiger partial charge >= 0.3 is 0 Å². The maximum atomic E-state index is 12.2. The fraction of sp³-hybridized carbons (Fsp3) is 0.278. The van der Waals surface area contributed by atoms with E-state index in [9.17, 15) is 4.79 Å². The molecule has 1 amide bonds. The number of carbonyl (C=O) groups excluding carboxylic acids is 1. The smallest absolute Gasteiger partial charge is 0.243 e. The van der Waals surface area contributed by atoms with Crippen LogP contribution in [0, 0.1) is 13.8 Å². The van der Waals surface area contributed by atoms with Crippen LogP contribution in [0.5, 0.6) is 11.5 Å². The van der Waals surface area contributed by atoms with Gasteiger partial charge in [-0.2, -0.15) is 0 Å². The van der Waals surface area contributed by atoms with Crippen molar-refractivity contribution in [1.29, 1.82) is 0 Å². The largest absolute Gasteiger partial charge is 0.495 e. The summed E-state index contributed by atoms with van der Waals surface area (Å²) in [5.41, 5.74) is 3.66. The number of nitrogens with one attached hydrogen (secondary N) is 2. The highest BCUT2D eigenvalue weighted by molar-refractivity contribution is 6.32. The zero-order valence-corrected chi connectivity index (χ0v) is 15.0. The topological polar surface area (TPSA) is 59.6 Å². The number of carbonyl (C=O) groups is 1. The first-order valence-electron chi connectivity index (χ1n) is 7.47. The van der Waals surface area contributed by atoms with Crippen LogP contribution in [0.2, 0.25) is 5.02 Å². The Morgan fingerprint density at radius 3 is 2.42 bits per heavy atom. The van der Waals surface area contributed by atoms with E-state index in [0.717, 1.165) is 16.8 Å². The standard InChI is InChI=1S/C18H21ClN2O3/c1-11-5-6-12(2)14(7-11)20-10-18(22)21-15-9-16(23-3)13(19)8-17(15)24-4/h5-9,20H,10H2,1-4H3,(H,21,22). The SMILES string of the molecule is COc1cc(NC(=O)CNc2cc(C)ccc2C)c(OC)cc1Cl. The molecule has 0 unspecified atom stereocenters. The minimum Gasteiger partial charge on any atom is -0.495 e. The number of ether oxygens (including phenoxy) is 2. The Hall–Kier alpha value is -2.40. The number of halogens is 1. The number of methoxy groups -OCH3 is 2. The molecule has 0 spiro atoms. The van der Waals surface area contributed by atoms with Gasteiger partial charge in [0.2, 0.25) is 5.91 Å². The van der Waals surface area contributed by atoms with Crippen LogP contribution in [0.4, 0.5) is 11.4 Å². The molecule has 24 heavy (non-hydrogen) atoms. The molecule has 0 bridgehead atoms. The van der Waals surface area contributed by atoms with Gasteiger partial charge in [0.1, 0.15) is 11.5 Å². The van der Waals surface area contributed by atoms with Crippen molar-refractivity contribution in [2.75, 3.05) is 31.4 Å². The first kappa shape index (κ1) is 17.9. The molecule has 0 aliphatic carbocycles. The van der Waals surface area contributed by atoms with Crippen LogP contribution < -0.4 is 20.1 Å². The zero-order valence-electron chi connectivity index (χ0n) is 14.2. The summed E-state index contributed by atoms with van der Waals surface area (Å²) < 4.78 is 10.4. The van der Waals surface area contributed by atoms with Gasteiger partial charge in [-0.05, 0) is 31.0 Å². The summed E-state index contributed by atoms with van der Waals surface area (Å²) in [6, 6.07) is 9.30. The van der Waals surface area contributed by atoms with Crippen LogP contribution >= 0.6 is 11.6 Å². The summed E-state index contributed by atoms with van der Waals surface area (Å²) in [5.74, 6) is 0.745. The summed E-state index contributed by atoms with van der Waals surface area (Å²) in [6.45, 7) is 4.14. The molecule has 0 radical (unpaired) electrons. The molecule has 0 aliphatic heterocycles. The molecule has 0 atom stereocenters. The van der Waals surface area contributed by atoms with Crippen molar-refractivity contribution < 1.29 is 14.3 Å². The molecule has 2 rings (SSSR count). The van der Waals surface area contributed by atoms with Crippen LogP contribution in [-0.2, 0) is 4.79 Å². The molecular weight excluding hydrogens is 328 g/mol. The fourth-order valence-corrected chi connectivity index (χ4v) is 2.49. The lowest BCUT2D eigenvalue weighted by atomic mass is 10.1. The summed E-state index contributed by atoms with van der Waals surface area (Å²) in [7, 11) is 3.03. The van der Waals surface area contributed by atoms with E-state index in [0.29, 0.717) is 22.2 Å². The van der Waals surface area contributed by atoms with Gasteiger partial charge in [-0.3, -0.25) is 4.79 Å². The van der Waals surface area contributed by atoms with Crippen molar-refractivity contribution in [3.63, 3.8) is 0 Å². The fourth-order valence-electron chi connectivity index (χ4n) is 2.25. The molecular formula is C18H21ClN2O3. The van der Waals surface area contributed by atoms with E-state index in [2.05, 4.69) is 10.6 Å². The molecule has 0 saturated heterocycles. The van der Waals surface area contributed by atoms with Crippen molar-refractivity contribution in [2.45, 2.75) is 13.8 Å². The van der Waals surface area contributed by atoms with Gasteiger partial charge in [0.15, 0.2) is 0 Å². The number of hydrogen-bond donors (Lipinski definition) is 2. The Labute approximate surface area is 146 Å². The zero-order chi connectivity index (χ0) is 17.7. The lowest BCUT2D eigenvalue weighted by Crippen LogP contribution is -2.22. The van der Waals surface area contributed by atoms with Crippen molar-refractivity contribution in [3.05, 3.63) is 46.5 Å². The van der Waals surface area contributed by atoms with Crippen LogP contribution in [-0.4, -0.2) is 26.7 Å². The minimum atomic E-state index is -0.196. The van der Waals surface area contributed by atoms with Crippen LogP contribution in [0.25, 0.3) is 0 Å². The third kappa shape index (κ3) is 4.32. The Kier molecular flexibility index (Phi) is 5.93. The Balaban J connectivity index is 2.08. The summed E-state index contributed by atoms with van der Waals surface area (Å²) in [6.07, 6.45) is 0. The highest BCUT2D eigenvalue weighted by Crippen LogP contribution is 2.35. The molecule has 0 aromatic heterocycles. The third-order valence-corrected chi connectivity index (χ3v) is 3.88. The monoisotopic (exact) mass is 348 g/mol. The van der Waals surface area contributed by atoms with Crippen molar-refractivity contribution in [1.82, 2.24) is 0 Å². The number of aryl methyl sites for hydroxylation is 2. The molecule has 2 N–H and O–H groups in total. The van der Waals surface area contributed by atoms with Gasteiger partial charge in [-0.1, -0.05) is 23.7 Å². The molecule has 2 aromatic rings. The normalized spacial score (nSPS) is 10.2. The van der Waals surface area contributed by atoms with Crippen molar-refractivity contribution in [2.24, 2.45) is 0 Å². The number of benzene rings is 2. The molecule has 0 aliphatic rings. The Morgan fingerprint density at radius 2 is 1.75 bits per heavy atom. The van der Waals surface area contributed by atoms with Gasteiger partial charge in [-0.15, -0.1) is 0 Å². The number of hydrogen-bond acceptors (Lipinski definition) is 4. The summed E-state index contributed by atoms with van der Waals surface area (Å²) in [5, 5.41) is 6.36. The lowest BCUT2D eigenvalue weighted by Gasteiger charge is -2.14. The highest BCUT2D eigenvalue weighted by Gasteiger charge is 2.12. The first-order chi connectivity index (χ1) is 11.4. The van der Waals surface area contributed by atoms with Crippen LogP contribution in [0.3, 0.4) is 0 Å². The summed E-state index contributed by atoms with van der Waals surface area (Å²) >= 11 is 6.06. The molecule has 6 heteroatoms. The maximum absolute atomic E-state index is 12.2. The van der Waals surface area contributed by atoms with E-state index in [1.807, 2.05) is 32.0 Å². The Morgan fingerprint density at radius 1 is 1.04 bits per heavy atom. The minimum absolute atomic E-state index is 0.137. The van der Waals surface area contributed by atoms with E-state index in [-0.39, 0.29) is 12.5 Å². The van der Waals surface area contributed by atoms with Crippen LogP contribution in [0.15, 0.2) is 30.3 Å². The molecule has 2 aromatic carbocycles. The van der Waals surface area contributed by atoms with Gasteiger partial charge in [0.25, 0.3) is 0 Å². The third-order valence-electron chi connectivity index (χ3n) is 3.58. The maximum Gasteiger partial charge on any atom is 0.243 e. The van der Waals surface area contributed by atoms with Gasteiger partial charge in [0.05, 0.1) is 31.5 Å². The van der Waals surface area contributed by atoms with E-state index in [1.54, 1.807) is 12.1 Å². The molecule has 0 saturated carbocycles. The van der Waals surface area contributed by atoms with Gasteiger partial charge in [0, 0.05) is 17.8 Å². The quantitative estimate of drug-likeness (QED) is 0.827. The number of rotatable bonds is 6. The van der Waals surface area contributed by atoms with Crippen LogP contribution in [0.1, 0.15) is 11.1 Å². The lowest BCUT2D eigenvalue weighted by molar-refractivity contribution is -0.114. The highest BCUT2D eigenvalue weighted by atomic mass is 35.5.